The molecule has 2 bridgehead atoms. The van der Waals surface area contributed by atoms with Crippen molar-refractivity contribution >= 4 is 11.9 Å². The minimum atomic E-state index is -1.82. The molecule has 5 rings (SSSR count). The van der Waals surface area contributed by atoms with Gasteiger partial charge in [0.1, 0.15) is 17.2 Å². The van der Waals surface area contributed by atoms with Crippen molar-refractivity contribution in [2.45, 2.75) is 50.0 Å². The van der Waals surface area contributed by atoms with Crippen LogP contribution in [0.4, 0.5) is 0 Å². The number of piperidine rings is 1. The first-order valence-corrected chi connectivity index (χ1v) is 11.5. The van der Waals surface area contributed by atoms with Gasteiger partial charge in [0.05, 0.1) is 7.11 Å². The van der Waals surface area contributed by atoms with E-state index in [1.54, 1.807) is 18.2 Å². The number of hydrogen-bond donors (Lipinski definition) is 2. The quantitative estimate of drug-likeness (QED) is 0.668. The summed E-state index contributed by atoms with van der Waals surface area (Å²) in [5.74, 6) is -0.216. The van der Waals surface area contributed by atoms with Crippen molar-refractivity contribution in [3.8, 4) is 17.2 Å². The second kappa shape index (κ2) is 9.43. The number of fused-ring (bicyclic) bond motifs is 1. The van der Waals surface area contributed by atoms with Crippen molar-refractivity contribution in [3.05, 3.63) is 53.6 Å². The Labute approximate surface area is 193 Å². The molecule has 3 atom stereocenters. The Hall–Kier alpha value is -3.06. The molecule has 176 valence electrons. The molecule has 7 nitrogen and oxygen atoms in total. The van der Waals surface area contributed by atoms with Gasteiger partial charge in [-0.3, -0.25) is 0 Å². The van der Waals surface area contributed by atoms with Crippen LogP contribution in [0.3, 0.4) is 0 Å². The first-order chi connectivity index (χ1) is 15.8. The van der Waals surface area contributed by atoms with E-state index in [1.807, 2.05) is 24.3 Å². The Morgan fingerprint density at radius 3 is 2.45 bits per heavy atom. The van der Waals surface area contributed by atoms with Gasteiger partial charge in [-0.25, -0.2) is 9.59 Å². The first-order valence-electron chi connectivity index (χ1n) is 11.5. The molecular weight excluding hydrogens is 422 g/mol. The highest BCUT2D eigenvalue weighted by Crippen LogP contribution is 2.56. The second-order valence-electron chi connectivity index (χ2n) is 9.22. The summed E-state index contributed by atoms with van der Waals surface area (Å²) in [6.07, 6.45) is 7.98. The number of hydrogen-bond acceptors (Lipinski definition) is 5. The average molecular weight is 454 g/mol. The van der Waals surface area contributed by atoms with Crippen LogP contribution in [-0.4, -0.2) is 53.8 Å². The zero-order chi connectivity index (χ0) is 23.6. The Balaban J connectivity index is 0.000000385. The van der Waals surface area contributed by atoms with Crippen LogP contribution >= 0.6 is 0 Å². The van der Waals surface area contributed by atoms with Crippen molar-refractivity contribution in [2.24, 2.45) is 5.92 Å². The third-order valence-corrected chi connectivity index (χ3v) is 7.55. The van der Waals surface area contributed by atoms with E-state index in [0.29, 0.717) is 5.41 Å². The van der Waals surface area contributed by atoms with Crippen molar-refractivity contribution in [1.29, 1.82) is 0 Å². The van der Waals surface area contributed by atoms with Crippen LogP contribution in [-0.2, 0) is 21.4 Å². The van der Waals surface area contributed by atoms with Gasteiger partial charge < -0.3 is 24.6 Å². The summed E-state index contributed by atoms with van der Waals surface area (Å²) in [5, 5.41) is 14.8. The summed E-state index contributed by atoms with van der Waals surface area (Å²) < 4.78 is 11.6. The molecule has 33 heavy (non-hydrogen) atoms. The van der Waals surface area contributed by atoms with Crippen LogP contribution in [0.5, 0.6) is 17.2 Å². The zero-order valence-corrected chi connectivity index (χ0v) is 19.1. The number of carboxylic acids is 2. The van der Waals surface area contributed by atoms with E-state index in [2.05, 4.69) is 30.1 Å². The SMILES string of the molecule is COc1cccc(Oc2ccc3c(c2)[C@@]24CCCC[C@H]2[C@@H](C3)N(C)CC4)c1.O=C(O)C(=O)O. The molecule has 0 amide bonds. The van der Waals surface area contributed by atoms with E-state index in [4.69, 9.17) is 29.3 Å². The monoisotopic (exact) mass is 453 g/mol. The number of likely N-dealkylation sites (N-methyl/N-ethyl adjacent to an activating group) is 1. The topological polar surface area (TPSA) is 96.3 Å². The third-order valence-electron chi connectivity index (χ3n) is 7.55. The van der Waals surface area contributed by atoms with E-state index >= 15 is 0 Å². The molecule has 1 heterocycles. The van der Waals surface area contributed by atoms with Crippen molar-refractivity contribution in [1.82, 2.24) is 4.90 Å². The third kappa shape index (κ3) is 4.55. The van der Waals surface area contributed by atoms with Crippen LogP contribution in [0.2, 0.25) is 0 Å². The predicted molar refractivity (Wildman–Crippen MR) is 123 cm³/mol. The summed E-state index contributed by atoms with van der Waals surface area (Å²) in [6.45, 7) is 1.22. The van der Waals surface area contributed by atoms with Gasteiger partial charge in [0.2, 0.25) is 0 Å². The maximum Gasteiger partial charge on any atom is 0.414 e. The Morgan fingerprint density at radius 2 is 1.73 bits per heavy atom. The van der Waals surface area contributed by atoms with Gasteiger partial charge in [-0.2, -0.15) is 0 Å². The summed E-state index contributed by atoms with van der Waals surface area (Å²) in [7, 11) is 4.02. The molecule has 2 N–H and O–H groups in total. The standard InChI is InChI=1S/C24H29NO2.C2H2O4/c1-25-13-12-24-11-4-3-8-21(24)23(25)14-17-9-10-20(16-22(17)24)27-19-7-5-6-18(15-19)26-2;3-1(4)2(5)6/h5-7,9-10,15-16,21,23H,3-4,8,11-14H2,1-2H3;(H,3,4)(H,5,6)/t21-,23+,24+;/m0./s1. The number of aliphatic carboxylic acids is 2. The molecule has 0 spiro atoms. The van der Waals surface area contributed by atoms with Gasteiger partial charge in [-0.15, -0.1) is 0 Å². The molecule has 1 saturated carbocycles. The van der Waals surface area contributed by atoms with Gasteiger partial charge in [0.15, 0.2) is 0 Å². The minimum Gasteiger partial charge on any atom is -0.497 e. The Morgan fingerprint density at radius 1 is 1.00 bits per heavy atom. The maximum atomic E-state index is 9.10. The van der Waals surface area contributed by atoms with Crippen LogP contribution in [0.15, 0.2) is 42.5 Å². The molecule has 1 aliphatic heterocycles. The average Bonchev–Trinajstić information content (AvgIpc) is 2.82. The molecular formula is C26H31NO6. The van der Waals surface area contributed by atoms with Gasteiger partial charge in [0, 0.05) is 17.5 Å². The van der Waals surface area contributed by atoms with Crippen molar-refractivity contribution in [2.75, 3.05) is 20.7 Å². The normalized spacial score (nSPS) is 25.5. The second-order valence-corrected chi connectivity index (χ2v) is 9.22. The van der Waals surface area contributed by atoms with E-state index in [-0.39, 0.29) is 0 Å². The molecule has 0 radical (unpaired) electrons. The highest BCUT2D eigenvalue weighted by Gasteiger charge is 2.53. The van der Waals surface area contributed by atoms with E-state index in [1.165, 1.54) is 45.1 Å². The molecule has 0 unspecified atom stereocenters. The number of carbonyl (C=O) groups is 2. The minimum absolute atomic E-state index is 0.372. The summed E-state index contributed by atoms with van der Waals surface area (Å²) in [5.41, 5.74) is 3.50. The lowest BCUT2D eigenvalue weighted by atomic mass is 9.52. The predicted octanol–water partition coefficient (Wildman–Crippen LogP) is 4.33. The molecule has 3 aliphatic rings. The smallest absolute Gasteiger partial charge is 0.414 e. The van der Waals surface area contributed by atoms with Crippen LogP contribution < -0.4 is 9.47 Å². The summed E-state index contributed by atoms with van der Waals surface area (Å²) in [6, 6.07) is 15.4. The fourth-order valence-electron chi connectivity index (χ4n) is 6.04. The highest BCUT2D eigenvalue weighted by molar-refractivity contribution is 6.27. The number of carboxylic acid groups (broad SMARTS) is 2. The molecule has 2 fully saturated rings. The number of nitrogens with zero attached hydrogens (tertiary/aromatic N) is 1. The van der Waals surface area contributed by atoms with Crippen molar-refractivity contribution in [3.63, 3.8) is 0 Å². The summed E-state index contributed by atoms with van der Waals surface area (Å²) >= 11 is 0. The lowest BCUT2D eigenvalue weighted by Gasteiger charge is -2.58. The van der Waals surface area contributed by atoms with Gasteiger partial charge >= 0.3 is 11.9 Å². The molecule has 2 aromatic carbocycles. The van der Waals surface area contributed by atoms with Crippen LogP contribution in [0, 0.1) is 5.92 Å². The lowest BCUT2D eigenvalue weighted by molar-refractivity contribution is -0.159. The van der Waals surface area contributed by atoms with E-state index in [0.717, 1.165) is 29.2 Å². The number of likely N-dealkylation sites (tertiary alicyclic amines) is 1. The van der Waals surface area contributed by atoms with Gasteiger partial charge in [-0.1, -0.05) is 25.0 Å². The zero-order valence-electron chi connectivity index (χ0n) is 19.1. The van der Waals surface area contributed by atoms with Gasteiger partial charge in [0.25, 0.3) is 0 Å². The largest absolute Gasteiger partial charge is 0.497 e. The van der Waals surface area contributed by atoms with Gasteiger partial charge in [-0.05, 0) is 80.6 Å². The highest BCUT2D eigenvalue weighted by atomic mass is 16.5. The Bertz CT molecular complexity index is 1030. The van der Waals surface area contributed by atoms with Crippen LogP contribution in [0.1, 0.15) is 43.2 Å². The Kier molecular flexibility index (Phi) is 6.61. The number of benzene rings is 2. The maximum absolute atomic E-state index is 9.10. The van der Waals surface area contributed by atoms with Crippen LogP contribution in [0.25, 0.3) is 0 Å². The first kappa shape index (κ1) is 23.1. The molecule has 0 aromatic heterocycles. The fraction of sp³-hybridized carbons (Fsp3) is 0.462. The lowest BCUT2D eigenvalue weighted by Crippen LogP contribution is -2.59. The molecule has 2 aromatic rings. The molecule has 1 saturated heterocycles. The van der Waals surface area contributed by atoms with E-state index in [9.17, 15) is 0 Å². The number of methoxy groups -OCH3 is 1. The van der Waals surface area contributed by atoms with Crippen molar-refractivity contribution < 1.29 is 29.3 Å². The number of ether oxygens (including phenoxy) is 2. The van der Waals surface area contributed by atoms with E-state index < -0.39 is 11.9 Å². The fourth-order valence-corrected chi connectivity index (χ4v) is 6.04. The summed E-state index contributed by atoms with van der Waals surface area (Å²) in [4.78, 5) is 20.8. The number of rotatable bonds is 3. The molecule has 7 heteroatoms. The molecule has 2 aliphatic carbocycles.